The summed E-state index contributed by atoms with van der Waals surface area (Å²) in [6, 6.07) is 7.27. The Morgan fingerprint density at radius 3 is 2.59 bits per heavy atom. The number of hydrogen-bond donors (Lipinski definition) is 1. The zero-order valence-electron chi connectivity index (χ0n) is 10.1. The molecule has 4 heteroatoms. The van der Waals surface area contributed by atoms with Crippen molar-refractivity contribution in [3.05, 3.63) is 23.8 Å². The first-order chi connectivity index (χ1) is 8.23. The van der Waals surface area contributed by atoms with E-state index in [4.69, 9.17) is 14.7 Å². The van der Waals surface area contributed by atoms with E-state index in [0.717, 1.165) is 12.2 Å². The van der Waals surface area contributed by atoms with Crippen LogP contribution in [-0.2, 0) is 0 Å². The summed E-state index contributed by atoms with van der Waals surface area (Å²) in [6.45, 7) is 2.72. The fraction of sp³-hybridized carbons (Fsp3) is 0.462. The van der Waals surface area contributed by atoms with Crippen molar-refractivity contribution in [3.8, 4) is 17.6 Å². The van der Waals surface area contributed by atoms with Crippen molar-refractivity contribution < 1.29 is 9.47 Å². The minimum absolute atomic E-state index is 0.426. The second-order valence-electron chi connectivity index (χ2n) is 3.78. The lowest BCUT2D eigenvalue weighted by molar-refractivity contribution is 0.258. The summed E-state index contributed by atoms with van der Waals surface area (Å²) < 4.78 is 10.8. The first kappa shape index (κ1) is 13.7. The van der Waals surface area contributed by atoms with Gasteiger partial charge in [-0.15, -0.1) is 0 Å². The molecule has 3 nitrogen and oxygen atoms in total. The Hall–Kier alpha value is -1.34. The highest BCUT2D eigenvalue weighted by Gasteiger charge is 2.07. The summed E-state index contributed by atoms with van der Waals surface area (Å²) in [5.74, 6) is 2.53. The smallest absolute Gasteiger partial charge is 0.124 e. The van der Waals surface area contributed by atoms with Gasteiger partial charge >= 0.3 is 0 Å². The molecule has 0 radical (unpaired) electrons. The Morgan fingerprint density at radius 1 is 1.35 bits per heavy atom. The minimum atomic E-state index is 0.426. The van der Waals surface area contributed by atoms with E-state index < -0.39 is 0 Å². The monoisotopic (exact) mass is 251 g/mol. The van der Waals surface area contributed by atoms with E-state index in [1.54, 1.807) is 25.3 Å². The molecule has 1 rings (SSSR count). The van der Waals surface area contributed by atoms with E-state index >= 15 is 0 Å². The minimum Gasteiger partial charge on any atom is -0.497 e. The van der Waals surface area contributed by atoms with E-state index in [-0.39, 0.29) is 0 Å². The highest BCUT2D eigenvalue weighted by atomic mass is 32.1. The van der Waals surface area contributed by atoms with Gasteiger partial charge in [0, 0.05) is 12.0 Å². The average Bonchev–Trinajstić information content (AvgIpc) is 2.39. The number of rotatable bonds is 6. The van der Waals surface area contributed by atoms with Crippen molar-refractivity contribution in [1.82, 2.24) is 0 Å². The molecule has 0 aromatic heterocycles. The predicted molar refractivity (Wildman–Crippen MR) is 70.8 cm³/mol. The van der Waals surface area contributed by atoms with Crippen LogP contribution in [0.25, 0.3) is 0 Å². The fourth-order valence-electron chi connectivity index (χ4n) is 1.35. The van der Waals surface area contributed by atoms with E-state index in [9.17, 15) is 0 Å². The quantitative estimate of drug-likeness (QED) is 0.790. The van der Waals surface area contributed by atoms with Crippen LogP contribution in [0, 0.1) is 17.2 Å². The molecular weight excluding hydrogens is 234 g/mol. The van der Waals surface area contributed by atoms with Gasteiger partial charge in [-0.25, -0.2) is 0 Å². The molecule has 1 atom stereocenters. The Kier molecular flexibility index (Phi) is 5.71. The van der Waals surface area contributed by atoms with Gasteiger partial charge in [0.1, 0.15) is 11.5 Å². The Balaban J connectivity index is 2.73. The molecule has 0 aliphatic carbocycles. The van der Waals surface area contributed by atoms with Crippen LogP contribution in [-0.4, -0.2) is 19.5 Å². The lowest BCUT2D eigenvalue weighted by Gasteiger charge is -2.14. The maximum absolute atomic E-state index is 8.88. The highest BCUT2D eigenvalue weighted by Crippen LogP contribution is 2.23. The van der Waals surface area contributed by atoms with Crippen LogP contribution in [0.15, 0.2) is 18.2 Å². The normalized spacial score (nSPS) is 11.6. The van der Waals surface area contributed by atoms with Gasteiger partial charge in [0.15, 0.2) is 0 Å². The molecule has 0 spiro atoms. The molecule has 17 heavy (non-hydrogen) atoms. The van der Waals surface area contributed by atoms with Gasteiger partial charge in [0.05, 0.1) is 25.3 Å². The number of ether oxygens (including phenoxy) is 2. The van der Waals surface area contributed by atoms with E-state index in [1.165, 1.54) is 0 Å². The van der Waals surface area contributed by atoms with Crippen molar-refractivity contribution in [3.63, 3.8) is 0 Å². The van der Waals surface area contributed by atoms with Gasteiger partial charge in [0.2, 0.25) is 0 Å². The SMILES string of the molecule is CCC(CS)COc1cc(C#N)cc(OC)c1. The van der Waals surface area contributed by atoms with Crippen LogP contribution in [0.5, 0.6) is 11.5 Å². The van der Waals surface area contributed by atoms with Gasteiger partial charge in [-0.2, -0.15) is 17.9 Å². The molecule has 1 unspecified atom stereocenters. The molecule has 0 amide bonds. The van der Waals surface area contributed by atoms with Crippen molar-refractivity contribution in [2.24, 2.45) is 5.92 Å². The Morgan fingerprint density at radius 2 is 2.06 bits per heavy atom. The lowest BCUT2D eigenvalue weighted by Crippen LogP contribution is -2.12. The summed E-state index contributed by atoms with van der Waals surface area (Å²) in [6.07, 6.45) is 1.03. The molecule has 0 aliphatic heterocycles. The van der Waals surface area contributed by atoms with E-state index in [2.05, 4.69) is 25.6 Å². The molecule has 1 aromatic rings. The highest BCUT2D eigenvalue weighted by molar-refractivity contribution is 7.80. The predicted octanol–water partition coefficient (Wildman–Crippen LogP) is 2.90. The topological polar surface area (TPSA) is 42.2 Å². The standard InChI is InChI=1S/C13H17NO2S/c1-3-10(9-17)8-16-13-5-11(7-14)4-12(6-13)15-2/h4-6,10,17H,3,8-9H2,1-2H3. The molecule has 0 saturated heterocycles. The number of methoxy groups -OCH3 is 1. The van der Waals surface area contributed by atoms with Gasteiger partial charge in [-0.05, 0) is 24.3 Å². The number of benzene rings is 1. The maximum Gasteiger partial charge on any atom is 0.124 e. The second kappa shape index (κ2) is 7.08. The van der Waals surface area contributed by atoms with Crippen molar-refractivity contribution in [2.75, 3.05) is 19.5 Å². The Labute approximate surface area is 108 Å². The summed E-state index contributed by atoms with van der Waals surface area (Å²) in [5.41, 5.74) is 0.540. The molecule has 0 N–H and O–H groups in total. The van der Waals surface area contributed by atoms with Gasteiger partial charge in [0.25, 0.3) is 0 Å². The van der Waals surface area contributed by atoms with Crippen LogP contribution in [0.1, 0.15) is 18.9 Å². The molecule has 0 heterocycles. The van der Waals surface area contributed by atoms with Crippen molar-refractivity contribution >= 4 is 12.6 Å². The molecule has 1 aromatic carbocycles. The third-order valence-corrected chi connectivity index (χ3v) is 3.08. The van der Waals surface area contributed by atoms with Crippen LogP contribution in [0.3, 0.4) is 0 Å². The van der Waals surface area contributed by atoms with E-state index in [1.807, 2.05) is 0 Å². The first-order valence-electron chi connectivity index (χ1n) is 5.56. The van der Waals surface area contributed by atoms with Gasteiger partial charge in [-0.1, -0.05) is 6.92 Å². The fourth-order valence-corrected chi connectivity index (χ4v) is 1.71. The zero-order valence-corrected chi connectivity index (χ0v) is 11.0. The summed E-state index contributed by atoms with van der Waals surface area (Å²) in [5, 5.41) is 8.88. The van der Waals surface area contributed by atoms with E-state index in [0.29, 0.717) is 29.6 Å². The van der Waals surface area contributed by atoms with Gasteiger partial charge in [-0.3, -0.25) is 0 Å². The number of nitrogens with zero attached hydrogens (tertiary/aromatic N) is 1. The van der Waals surface area contributed by atoms with Crippen LogP contribution in [0.4, 0.5) is 0 Å². The summed E-state index contributed by atoms with van der Waals surface area (Å²) in [4.78, 5) is 0. The second-order valence-corrected chi connectivity index (χ2v) is 4.14. The summed E-state index contributed by atoms with van der Waals surface area (Å²) in [7, 11) is 1.57. The number of thiol groups is 1. The van der Waals surface area contributed by atoms with Crippen molar-refractivity contribution in [1.29, 1.82) is 5.26 Å². The molecule has 0 fully saturated rings. The molecule has 0 bridgehead atoms. The number of hydrogen-bond acceptors (Lipinski definition) is 4. The Bertz CT molecular complexity index is 397. The van der Waals surface area contributed by atoms with Crippen LogP contribution >= 0.6 is 12.6 Å². The third-order valence-electron chi connectivity index (χ3n) is 2.57. The zero-order chi connectivity index (χ0) is 12.7. The largest absolute Gasteiger partial charge is 0.497 e. The maximum atomic E-state index is 8.88. The number of nitriles is 1. The lowest BCUT2D eigenvalue weighted by atomic mass is 10.1. The third kappa shape index (κ3) is 4.20. The molecule has 0 aliphatic rings. The molecule has 0 saturated carbocycles. The van der Waals surface area contributed by atoms with Crippen LogP contribution < -0.4 is 9.47 Å². The van der Waals surface area contributed by atoms with Crippen LogP contribution in [0.2, 0.25) is 0 Å². The molecular formula is C13H17NO2S. The van der Waals surface area contributed by atoms with Gasteiger partial charge < -0.3 is 9.47 Å². The average molecular weight is 251 g/mol. The summed E-state index contributed by atoms with van der Waals surface area (Å²) >= 11 is 4.26. The first-order valence-corrected chi connectivity index (χ1v) is 6.19. The molecule has 92 valence electrons. The van der Waals surface area contributed by atoms with Crippen molar-refractivity contribution in [2.45, 2.75) is 13.3 Å².